The quantitative estimate of drug-likeness (QED) is 0.260. The average Bonchev–Trinajstić information content (AvgIpc) is 3.27. The smallest absolute Gasteiger partial charge is 0.287 e. The van der Waals surface area contributed by atoms with Gasteiger partial charge in [-0.25, -0.2) is 5.43 Å². The molecule has 0 saturated carbocycles. The second kappa shape index (κ2) is 10.9. The normalized spacial score (nSPS) is 11.4. The number of benzene rings is 2. The van der Waals surface area contributed by atoms with E-state index in [9.17, 15) is 9.59 Å². The fourth-order valence-electron chi connectivity index (χ4n) is 2.54. The Bertz CT molecular complexity index is 1150. The van der Waals surface area contributed by atoms with Crippen molar-refractivity contribution in [3.63, 3.8) is 0 Å². The Kier molecular flexibility index (Phi) is 8.00. The molecule has 2 aromatic carbocycles. The molecule has 1 heterocycles. The number of nitrogens with zero attached hydrogens (tertiary/aromatic N) is 1. The molecule has 0 saturated heterocycles. The highest BCUT2D eigenvalue weighted by molar-refractivity contribution is 9.10. The van der Waals surface area contributed by atoms with Gasteiger partial charge in [-0.05, 0) is 47.9 Å². The minimum atomic E-state index is -0.584. The summed E-state index contributed by atoms with van der Waals surface area (Å²) in [4.78, 5) is 26.2. The summed E-state index contributed by atoms with van der Waals surface area (Å²) in [7, 11) is 1.55. The van der Waals surface area contributed by atoms with Crippen molar-refractivity contribution in [2.24, 2.45) is 5.10 Å². The number of carbonyl (C=O) groups is 2. The molecule has 2 N–H and O–H groups in total. The lowest BCUT2D eigenvalue weighted by Gasteiger charge is -2.10. The number of carbonyl (C=O) groups excluding carboxylic acids is 2. The number of rotatable bonds is 7. The standard InChI is InChI=1S/C22H17BrClN3O3S/c1-30-20-9-8-15(23)11-14(20)13-25-27-22(29)19(12-16-5-4-10-31-16)26-21(28)17-6-2-3-7-18(17)24/h2-13H,1H3,(H,26,28)(H,27,29)/b19-12-,25-13?. The van der Waals surface area contributed by atoms with Gasteiger partial charge >= 0.3 is 0 Å². The number of hydrogen-bond donors (Lipinski definition) is 2. The number of methoxy groups -OCH3 is 1. The van der Waals surface area contributed by atoms with Crippen LogP contribution in [0.1, 0.15) is 20.8 Å². The Labute approximate surface area is 196 Å². The van der Waals surface area contributed by atoms with E-state index in [1.165, 1.54) is 17.6 Å². The first-order valence-electron chi connectivity index (χ1n) is 8.96. The van der Waals surface area contributed by atoms with Crippen LogP contribution in [0.3, 0.4) is 0 Å². The van der Waals surface area contributed by atoms with Crippen LogP contribution in [0.2, 0.25) is 5.02 Å². The third kappa shape index (κ3) is 6.27. The maximum atomic E-state index is 12.8. The lowest BCUT2D eigenvalue weighted by molar-refractivity contribution is -0.117. The van der Waals surface area contributed by atoms with E-state index in [1.807, 2.05) is 23.6 Å². The van der Waals surface area contributed by atoms with Crippen LogP contribution >= 0.6 is 38.9 Å². The Hall–Kier alpha value is -2.94. The van der Waals surface area contributed by atoms with E-state index in [0.29, 0.717) is 11.3 Å². The van der Waals surface area contributed by atoms with E-state index in [4.69, 9.17) is 16.3 Å². The number of ether oxygens (including phenoxy) is 1. The Balaban J connectivity index is 1.80. The summed E-state index contributed by atoms with van der Waals surface area (Å²) < 4.78 is 6.12. The zero-order valence-electron chi connectivity index (χ0n) is 16.3. The van der Waals surface area contributed by atoms with Crippen molar-refractivity contribution in [1.82, 2.24) is 10.7 Å². The maximum Gasteiger partial charge on any atom is 0.287 e. The highest BCUT2D eigenvalue weighted by Crippen LogP contribution is 2.21. The van der Waals surface area contributed by atoms with Crippen LogP contribution in [0.15, 0.2) is 75.2 Å². The van der Waals surface area contributed by atoms with Gasteiger partial charge in [-0.2, -0.15) is 5.10 Å². The predicted octanol–water partition coefficient (Wildman–Crippen LogP) is 5.09. The Morgan fingerprint density at radius 3 is 2.68 bits per heavy atom. The summed E-state index contributed by atoms with van der Waals surface area (Å²) >= 11 is 10.9. The van der Waals surface area contributed by atoms with E-state index >= 15 is 0 Å². The van der Waals surface area contributed by atoms with Gasteiger partial charge < -0.3 is 10.1 Å². The molecule has 0 aliphatic rings. The van der Waals surface area contributed by atoms with Crippen molar-refractivity contribution in [2.45, 2.75) is 0 Å². The van der Waals surface area contributed by atoms with Gasteiger partial charge in [-0.1, -0.05) is 45.7 Å². The average molecular weight is 519 g/mol. The minimum Gasteiger partial charge on any atom is -0.496 e. The van der Waals surface area contributed by atoms with Crippen molar-refractivity contribution in [1.29, 1.82) is 0 Å². The number of nitrogens with one attached hydrogen (secondary N) is 2. The summed E-state index contributed by atoms with van der Waals surface area (Å²) in [6.07, 6.45) is 3.03. The lowest BCUT2D eigenvalue weighted by atomic mass is 10.2. The van der Waals surface area contributed by atoms with Crippen molar-refractivity contribution in [3.05, 3.63) is 91.2 Å². The second-order valence-electron chi connectivity index (χ2n) is 6.09. The van der Waals surface area contributed by atoms with E-state index < -0.39 is 11.8 Å². The van der Waals surface area contributed by atoms with Crippen LogP contribution in [-0.2, 0) is 4.79 Å². The van der Waals surface area contributed by atoms with Gasteiger partial charge in [0.1, 0.15) is 11.4 Å². The first kappa shape index (κ1) is 22.7. The fraction of sp³-hybridized carbons (Fsp3) is 0.0455. The maximum absolute atomic E-state index is 12.8. The predicted molar refractivity (Wildman–Crippen MR) is 128 cm³/mol. The van der Waals surface area contributed by atoms with Crippen LogP contribution in [0, 0.1) is 0 Å². The zero-order valence-corrected chi connectivity index (χ0v) is 19.4. The fourth-order valence-corrected chi connectivity index (χ4v) is 3.79. The first-order valence-corrected chi connectivity index (χ1v) is 11.0. The van der Waals surface area contributed by atoms with Crippen LogP contribution in [0.5, 0.6) is 5.75 Å². The van der Waals surface area contributed by atoms with Gasteiger partial charge in [0.25, 0.3) is 11.8 Å². The largest absolute Gasteiger partial charge is 0.496 e. The summed E-state index contributed by atoms with van der Waals surface area (Å²) in [5, 5.41) is 8.78. The van der Waals surface area contributed by atoms with E-state index in [2.05, 4.69) is 31.8 Å². The zero-order chi connectivity index (χ0) is 22.2. The third-order valence-corrected chi connectivity index (χ3v) is 5.64. The van der Waals surface area contributed by atoms with Gasteiger partial charge in [0.2, 0.25) is 0 Å². The molecule has 3 rings (SSSR count). The monoisotopic (exact) mass is 517 g/mol. The number of hydrogen-bond acceptors (Lipinski definition) is 5. The summed E-state index contributed by atoms with van der Waals surface area (Å²) in [5.74, 6) is -0.484. The second-order valence-corrected chi connectivity index (χ2v) is 8.39. The van der Waals surface area contributed by atoms with Crippen molar-refractivity contribution in [3.8, 4) is 5.75 Å². The molecule has 0 atom stereocenters. The van der Waals surface area contributed by atoms with Crippen LogP contribution < -0.4 is 15.5 Å². The molecular formula is C22H17BrClN3O3S. The van der Waals surface area contributed by atoms with E-state index in [1.54, 1.807) is 49.6 Å². The van der Waals surface area contributed by atoms with Crippen molar-refractivity contribution < 1.29 is 14.3 Å². The molecule has 9 heteroatoms. The molecule has 0 aliphatic carbocycles. The van der Waals surface area contributed by atoms with Gasteiger partial charge in [0.15, 0.2) is 0 Å². The molecule has 31 heavy (non-hydrogen) atoms. The van der Waals surface area contributed by atoms with Crippen molar-refractivity contribution in [2.75, 3.05) is 7.11 Å². The molecule has 0 fully saturated rings. The summed E-state index contributed by atoms with van der Waals surface area (Å²) in [6.45, 7) is 0. The Morgan fingerprint density at radius 2 is 1.97 bits per heavy atom. The van der Waals surface area contributed by atoms with Crippen LogP contribution in [0.4, 0.5) is 0 Å². The van der Waals surface area contributed by atoms with E-state index in [0.717, 1.165) is 9.35 Å². The minimum absolute atomic E-state index is 0.0331. The van der Waals surface area contributed by atoms with Crippen molar-refractivity contribution >= 4 is 63.0 Å². The highest BCUT2D eigenvalue weighted by Gasteiger charge is 2.16. The molecular weight excluding hydrogens is 502 g/mol. The molecule has 1 aromatic heterocycles. The molecule has 0 aliphatic heterocycles. The first-order chi connectivity index (χ1) is 15.0. The molecule has 0 radical (unpaired) electrons. The van der Waals surface area contributed by atoms with Gasteiger partial charge in [0, 0.05) is 14.9 Å². The highest BCUT2D eigenvalue weighted by atomic mass is 79.9. The molecule has 158 valence electrons. The molecule has 0 bridgehead atoms. The summed E-state index contributed by atoms with van der Waals surface area (Å²) in [5.41, 5.74) is 3.40. The Morgan fingerprint density at radius 1 is 1.16 bits per heavy atom. The van der Waals surface area contributed by atoms with Gasteiger partial charge in [-0.3, -0.25) is 9.59 Å². The molecule has 2 amide bonds. The lowest BCUT2D eigenvalue weighted by Crippen LogP contribution is -2.33. The summed E-state index contributed by atoms with van der Waals surface area (Å²) in [6, 6.07) is 15.7. The number of halogens is 2. The van der Waals surface area contributed by atoms with Crippen LogP contribution in [0.25, 0.3) is 6.08 Å². The molecule has 6 nitrogen and oxygen atoms in total. The SMILES string of the molecule is COc1ccc(Br)cc1C=NNC(=O)/C(=C/c1cccs1)NC(=O)c1ccccc1Cl. The third-order valence-electron chi connectivity index (χ3n) is 4.00. The topological polar surface area (TPSA) is 79.8 Å². The van der Waals surface area contributed by atoms with Gasteiger partial charge in [-0.15, -0.1) is 11.3 Å². The molecule has 3 aromatic rings. The number of amides is 2. The number of thiophene rings is 1. The van der Waals surface area contributed by atoms with E-state index in [-0.39, 0.29) is 16.3 Å². The molecule has 0 unspecified atom stereocenters. The van der Waals surface area contributed by atoms with Gasteiger partial charge in [0.05, 0.1) is 23.9 Å². The van der Waals surface area contributed by atoms with Crippen LogP contribution in [-0.4, -0.2) is 25.1 Å². The number of hydrazone groups is 1. The molecule has 0 spiro atoms.